The lowest BCUT2D eigenvalue weighted by molar-refractivity contribution is -0.115. The Bertz CT molecular complexity index is 510. The fraction of sp³-hybridized carbons (Fsp3) is 0. The Morgan fingerprint density at radius 2 is 1.94 bits per heavy atom. The first-order chi connectivity index (χ1) is 7.56. The first-order valence-corrected chi connectivity index (χ1v) is 5.15. The average molecular weight is 237 g/mol. The molecular formula is C10H7NO4S. The van der Waals surface area contributed by atoms with Gasteiger partial charge in [0.15, 0.2) is 11.5 Å². The molecule has 0 saturated carbocycles. The van der Waals surface area contributed by atoms with Crippen LogP contribution in [-0.2, 0) is 4.79 Å². The summed E-state index contributed by atoms with van der Waals surface area (Å²) < 4.78 is 0. The second-order valence-corrected chi connectivity index (χ2v) is 4.12. The minimum atomic E-state index is -0.456. The van der Waals surface area contributed by atoms with E-state index in [0.717, 1.165) is 11.8 Å². The van der Waals surface area contributed by atoms with Crippen LogP contribution < -0.4 is 5.32 Å². The fourth-order valence-corrected chi connectivity index (χ4v) is 1.88. The molecule has 3 N–H and O–H groups in total. The Hall–Kier alpha value is -1.95. The molecule has 0 unspecified atom stereocenters. The molecule has 1 saturated heterocycles. The first kappa shape index (κ1) is 10.6. The van der Waals surface area contributed by atoms with Gasteiger partial charge in [0.25, 0.3) is 11.1 Å². The predicted octanol–water partition coefficient (Wildman–Crippen LogP) is 1.42. The van der Waals surface area contributed by atoms with Gasteiger partial charge in [0.1, 0.15) is 0 Å². The summed E-state index contributed by atoms with van der Waals surface area (Å²) >= 11 is 0.796. The zero-order valence-electron chi connectivity index (χ0n) is 7.93. The van der Waals surface area contributed by atoms with Gasteiger partial charge in [0.2, 0.25) is 0 Å². The molecule has 82 valence electrons. The van der Waals surface area contributed by atoms with Gasteiger partial charge in [-0.3, -0.25) is 14.9 Å². The van der Waals surface area contributed by atoms with Gasteiger partial charge in [-0.1, -0.05) is 6.07 Å². The van der Waals surface area contributed by atoms with Crippen LogP contribution in [0.15, 0.2) is 23.1 Å². The smallest absolute Gasteiger partial charge is 0.290 e. The standard InChI is InChI=1S/C10H7NO4S/c12-6-2-1-5(3-7(6)13)4-8-9(14)11-10(15)16-8/h1-4,12-13H,(H,11,14,15). The number of carbonyl (C=O) groups excluding carboxylic acids is 2. The summed E-state index contributed by atoms with van der Waals surface area (Å²) in [4.78, 5) is 22.3. The maximum Gasteiger partial charge on any atom is 0.290 e. The molecule has 6 heteroatoms. The van der Waals surface area contributed by atoms with E-state index in [-0.39, 0.29) is 16.4 Å². The van der Waals surface area contributed by atoms with Crippen LogP contribution in [0.2, 0.25) is 0 Å². The quantitative estimate of drug-likeness (QED) is 0.508. The van der Waals surface area contributed by atoms with Crippen molar-refractivity contribution in [3.63, 3.8) is 0 Å². The molecule has 0 spiro atoms. The van der Waals surface area contributed by atoms with Crippen molar-refractivity contribution >= 4 is 29.0 Å². The van der Waals surface area contributed by atoms with Crippen molar-refractivity contribution in [1.29, 1.82) is 0 Å². The molecule has 0 atom stereocenters. The molecule has 0 aromatic heterocycles. The summed E-state index contributed by atoms with van der Waals surface area (Å²) in [5.74, 6) is -0.964. The second kappa shape index (κ2) is 3.90. The summed E-state index contributed by atoms with van der Waals surface area (Å²) in [5, 5.41) is 20.0. The monoisotopic (exact) mass is 237 g/mol. The number of aromatic hydroxyl groups is 2. The molecule has 1 aliphatic rings. The van der Waals surface area contributed by atoms with E-state index in [0.29, 0.717) is 5.56 Å². The number of amides is 2. The fourth-order valence-electron chi connectivity index (χ4n) is 1.20. The van der Waals surface area contributed by atoms with Gasteiger partial charge >= 0.3 is 0 Å². The number of nitrogens with one attached hydrogen (secondary N) is 1. The Balaban J connectivity index is 2.32. The third-order valence-electron chi connectivity index (χ3n) is 1.94. The van der Waals surface area contributed by atoms with E-state index in [1.807, 2.05) is 0 Å². The molecule has 1 aromatic carbocycles. The number of hydrogen-bond donors (Lipinski definition) is 3. The third kappa shape index (κ3) is 2.01. The number of phenols is 2. The van der Waals surface area contributed by atoms with Crippen molar-refractivity contribution in [2.45, 2.75) is 0 Å². The molecular weight excluding hydrogens is 230 g/mol. The van der Waals surface area contributed by atoms with E-state index < -0.39 is 11.1 Å². The van der Waals surface area contributed by atoms with Gasteiger partial charge in [0.05, 0.1) is 4.91 Å². The number of benzene rings is 1. The number of phenolic OH excluding ortho intramolecular Hbond substituents is 2. The Morgan fingerprint density at radius 1 is 1.19 bits per heavy atom. The molecule has 2 amide bonds. The third-order valence-corrected chi connectivity index (χ3v) is 2.75. The summed E-state index contributed by atoms with van der Waals surface area (Å²) in [6.07, 6.45) is 1.46. The van der Waals surface area contributed by atoms with Crippen LogP contribution in [0.1, 0.15) is 5.56 Å². The van der Waals surface area contributed by atoms with Crippen LogP contribution in [0, 0.1) is 0 Å². The van der Waals surface area contributed by atoms with Gasteiger partial charge in [-0.15, -0.1) is 0 Å². The molecule has 1 fully saturated rings. The van der Waals surface area contributed by atoms with Gasteiger partial charge in [-0.2, -0.15) is 0 Å². The van der Waals surface area contributed by atoms with Gasteiger partial charge in [-0.25, -0.2) is 0 Å². The lowest BCUT2D eigenvalue weighted by atomic mass is 10.2. The summed E-state index contributed by atoms with van der Waals surface area (Å²) in [6, 6.07) is 4.14. The van der Waals surface area contributed by atoms with Crippen molar-refractivity contribution in [1.82, 2.24) is 5.32 Å². The van der Waals surface area contributed by atoms with Crippen molar-refractivity contribution in [2.24, 2.45) is 0 Å². The highest BCUT2D eigenvalue weighted by molar-refractivity contribution is 8.18. The van der Waals surface area contributed by atoms with Crippen LogP contribution in [0.3, 0.4) is 0 Å². The lowest BCUT2D eigenvalue weighted by Crippen LogP contribution is -2.17. The molecule has 0 radical (unpaired) electrons. The van der Waals surface area contributed by atoms with Crippen LogP contribution in [0.4, 0.5) is 4.79 Å². The Kier molecular flexibility index (Phi) is 2.57. The molecule has 5 nitrogen and oxygen atoms in total. The van der Waals surface area contributed by atoms with E-state index in [2.05, 4.69) is 5.32 Å². The number of hydrogen-bond acceptors (Lipinski definition) is 5. The largest absolute Gasteiger partial charge is 0.504 e. The second-order valence-electron chi connectivity index (χ2n) is 3.10. The molecule has 2 rings (SSSR count). The molecule has 1 aromatic rings. The van der Waals surface area contributed by atoms with Gasteiger partial charge in [0, 0.05) is 0 Å². The minimum absolute atomic E-state index is 0.234. The average Bonchev–Trinajstić information content (AvgIpc) is 2.51. The van der Waals surface area contributed by atoms with Gasteiger partial charge < -0.3 is 10.2 Å². The molecule has 16 heavy (non-hydrogen) atoms. The SMILES string of the molecule is O=C1NC(=O)C(=Cc2ccc(O)c(O)c2)S1. The van der Waals surface area contributed by atoms with Crippen molar-refractivity contribution < 1.29 is 19.8 Å². The highest BCUT2D eigenvalue weighted by Gasteiger charge is 2.24. The van der Waals surface area contributed by atoms with E-state index in [1.54, 1.807) is 0 Å². The number of rotatable bonds is 1. The molecule has 1 aliphatic heterocycles. The summed E-state index contributed by atoms with van der Waals surface area (Å²) in [6.45, 7) is 0. The summed E-state index contributed by atoms with van der Waals surface area (Å²) in [7, 11) is 0. The van der Waals surface area contributed by atoms with Gasteiger partial charge in [-0.05, 0) is 35.5 Å². The normalized spacial score (nSPS) is 17.9. The maximum atomic E-state index is 11.2. The van der Waals surface area contributed by atoms with Crippen molar-refractivity contribution in [3.05, 3.63) is 28.7 Å². The molecule has 1 heterocycles. The van der Waals surface area contributed by atoms with E-state index in [1.165, 1.54) is 24.3 Å². The van der Waals surface area contributed by atoms with Crippen LogP contribution in [-0.4, -0.2) is 21.4 Å². The van der Waals surface area contributed by atoms with E-state index >= 15 is 0 Å². The van der Waals surface area contributed by atoms with Crippen molar-refractivity contribution in [2.75, 3.05) is 0 Å². The number of carbonyl (C=O) groups is 2. The number of imide groups is 1. The topological polar surface area (TPSA) is 86.6 Å². The van der Waals surface area contributed by atoms with Crippen LogP contribution in [0.25, 0.3) is 6.08 Å². The van der Waals surface area contributed by atoms with Crippen LogP contribution >= 0.6 is 11.8 Å². The van der Waals surface area contributed by atoms with Crippen molar-refractivity contribution in [3.8, 4) is 11.5 Å². The Labute approximate surface area is 94.8 Å². The molecule has 0 bridgehead atoms. The number of thioether (sulfide) groups is 1. The first-order valence-electron chi connectivity index (χ1n) is 4.33. The zero-order valence-corrected chi connectivity index (χ0v) is 8.75. The lowest BCUT2D eigenvalue weighted by Gasteiger charge is -1.99. The maximum absolute atomic E-state index is 11.2. The zero-order chi connectivity index (χ0) is 11.7. The summed E-state index contributed by atoms with van der Waals surface area (Å²) in [5.41, 5.74) is 0.530. The van der Waals surface area contributed by atoms with E-state index in [9.17, 15) is 14.7 Å². The highest BCUT2D eigenvalue weighted by Crippen LogP contribution is 2.29. The molecule has 0 aliphatic carbocycles. The minimum Gasteiger partial charge on any atom is -0.504 e. The highest BCUT2D eigenvalue weighted by atomic mass is 32.2. The van der Waals surface area contributed by atoms with Crippen LogP contribution in [0.5, 0.6) is 11.5 Å². The van der Waals surface area contributed by atoms with E-state index in [4.69, 9.17) is 5.11 Å². The predicted molar refractivity (Wildman–Crippen MR) is 58.9 cm³/mol. The Morgan fingerprint density at radius 3 is 2.50 bits per heavy atom.